The summed E-state index contributed by atoms with van der Waals surface area (Å²) in [5, 5.41) is 5.07. The molecule has 35 heavy (non-hydrogen) atoms. The minimum atomic E-state index is -2.29. The predicted octanol–water partition coefficient (Wildman–Crippen LogP) is 6.56. The number of hydrogen-bond acceptors (Lipinski definition) is 0. The second-order valence-corrected chi connectivity index (χ2v) is 11.8. The van der Waals surface area contributed by atoms with E-state index in [-0.39, 0.29) is 0 Å². The van der Waals surface area contributed by atoms with Crippen LogP contribution in [0.25, 0.3) is 0 Å². The summed E-state index contributed by atoms with van der Waals surface area (Å²) in [5.74, 6) is 7.24. The highest BCUT2D eigenvalue weighted by molar-refractivity contribution is 7.96. The molecule has 0 aliphatic heterocycles. The van der Waals surface area contributed by atoms with Gasteiger partial charge in [0.2, 0.25) is 0 Å². The highest BCUT2D eigenvalue weighted by Gasteiger charge is 2.30. The molecule has 0 nitrogen and oxygen atoms in total. The smallest absolute Gasteiger partial charge is 0.0416 e. The van der Waals surface area contributed by atoms with Crippen LogP contribution in [0.4, 0.5) is 0 Å². The third kappa shape index (κ3) is 4.65. The Labute approximate surface area is 208 Å². The normalized spacial score (nSPS) is 10.8. The minimum absolute atomic E-state index is 1.02. The van der Waals surface area contributed by atoms with Gasteiger partial charge >= 0.3 is 0 Å². The first kappa shape index (κ1) is 22.7. The zero-order valence-corrected chi connectivity index (χ0v) is 20.7. The molecular weight excluding hydrogens is 439 g/mol. The topological polar surface area (TPSA) is 0 Å². The Hall–Kier alpha value is -4.04. The molecule has 5 aromatic carbocycles. The molecule has 0 aliphatic carbocycles. The summed E-state index contributed by atoms with van der Waals surface area (Å²) in [6, 6.07) is 51.9. The molecule has 0 bridgehead atoms. The van der Waals surface area contributed by atoms with E-state index in [1.807, 2.05) is 18.2 Å². The van der Waals surface area contributed by atoms with Gasteiger partial charge in [-0.25, -0.2) is 0 Å². The molecule has 168 valence electrons. The van der Waals surface area contributed by atoms with Crippen LogP contribution in [0.1, 0.15) is 16.7 Å². The summed E-state index contributed by atoms with van der Waals surface area (Å²) < 4.78 is 0. The Balaban J connectivity index is 2.01. The van der Waals surface area contributed by atoms with Crippen molar-refractivity contribution in [1.82, 2.24) is 0 Å². The number of rotatable bonds is 4. The fourth-order valence-electron chi connectivity index (χ4n) is 4.50. The lowest BCUT2D eigenvalue weighted by Crippen LogP contribution is -2.30. The zero-order valence-electron chi connectivity index (χ0n) is 19.8. The van der Waals surface area contributed by atoms with Crippen molar-refractivity contribution in [2.75, 3.05) is 0 Å². The Morgan fingerprint density at radius 3 is 1.31 bits per heavy atom. The zero-order chi connectivity index (χ0) is 23.9. The molecule has 0 aliphatic rings. The highest BCUT2D eigenvalue weighted by atomic mass is 31.2. The maximum atomic E-state index is 3.72. The first-order chi connectivity index (χ1) is 17.3. The van der Waals surface area contributed by atoms with Crippen molar-refractivity contribution in [1.29, 1.82) is 0 Å². The molecule has 0 N–H and O–H groups in total. The SMILES string of the molecule is Cc1ccc(C(C#Cc2ccccc2)=P(c2ccccc2)(c2ccccc2)c2ccccc2)cc1. The van der Waals surface area contributed by atoms with Crippen LogP contribution >= 0.6 is 6.89 Å². The fourth-order valence-corrected chi connectivity index (χ4v) is 8.79. The van der Waals surface area contributed by atoms with Gasteiger partial charge < -0.3 is 0 Å². The highest BCUT2D eigenvalue weighted by Crippen LogP contribution is 2.47. The van der Waals surface area contributed by atoms with Crippen LogP contribution in [0, 0.1) is 18.8 Å². The van der Waals surface area contributed by atoms with E-state index >= 15 is 0 Å². The molecule has 0 atom stereocenters. The Morgan fingerprint density at radius 2 is 0.886 bits per heavy atom. The molecule has 5 rings (SSSR count). The second-order valence-electron chi connectivity index (χ2n) is 8.51. The predicted molar refractivity (Wildman–Crippen MR) is 154 cm³/mol. The van der Waals surface area contributed by atoms with Crippen LogP contribution in [0.3, 0.4) is 0 Å². The molecule has 0 unspecified atom stereocenters. The van der Waals surface area contributed by atoms with Crippen LogP contribution < -0.4 is 15.9 Å². The fraction of sp³-hybridized carbons (Fsp3) is 0.0294. The number of benzene rings is 5. The van der Waals surface area contributed by atoms with Crippen molar-refractivity contribution in [3.8, 4) is 11.8 Å². The van der Waals surface area contributed by atoms with Crippen LogP contribution in [0.5, 0.6) is 0 Å². The molecule has 0 heterocycles. The van der Waals surface area contributed by atoms with E-state index in [0.717, 1.165) is 5.56 Å². The van der Waals surface area contributed by atoms with Gasteiger partial charge in [-0.1, -0.05) is 151 Å². The second kappa shape index (κ2) is 10.5. The van der Waals surface area contributed by atoms with Crippen LogP contribution in [-0.4, -0.2) is 5.29 Å². The van der Waals surface area contributed by atoms with Crippen molar-refractivity contribution in [3.05, 3.63) is 162 Å². The molecule has 0 fully saturated rings. The first-order valence-corrected chi connectivity index (χ1v) is 13.6. The maximum Gasteiger partial charge on any atom is 0.0416 e. The van der Waals surface area contributed by atoms with Crippen molar-refractivity contribution >= 4 is 28.1 Å². The van der Waals surface area contributed by atoms with Crippen LogP contribution in [0.2, 0.25) is 0 Å². The van der Waals surface area contributed by atoms with Gasteiger partial charge in [-0.05, 0) is 47.4 Å². The van der Waals surface area contributed by atoms with Gasteiger partial charge in [0.15, 0.2) is 0 Å². The van der Waals surface area contributed by atoms with Gasteiger partial charge in [0.25, 0.3) is 0 Å². The average molecular weight is 467 g/mol. The van der Waals surface area contributed by atoms with Gasteiger partial charge in [-0.3, -0.25) is 0 Å². The largest absolute Gasteiger partial charge is 0.0622 e. The van der Waals surface area contributed by atoms with Crippen molar-refractivity contribution in [2.24, 2.45) is 0 Å². The molecule has 5 aromatic rings. The third-order valence-corrected chi connectivity index (χ3v) is 10.4. The Morgan fingerprint density at radius 1 is 0.486 bits per heavy atom. The van der Waals surface area contributed by atoms with Crippen LogP contribution in [-0.2, 0) is 0 Å². The van der Waals surface area contributed by atoms with E-state index in [4.69, 9.17) is 0 Å². The Kier molecular flexibility index (Phi) is 6.81. The van der Waals surface area contributed by atoms with Crippen LogP contribution in [0.15, 0.2) is 146 Å². The lowest BCUT2D eigenvalue weighted by Gasteiger charge is -2.31. The van der Waals surface area contributed by atoms with E-state index in [1.54, 1.807) is 0 Å². The molecular formula is C34H27P. The first-order valence-electron chi connectivity index (χ1n) is 11.9. The van der Waals surface area contributed by atoms with E-state index in [1.165, 1.54) is 32.3 Å². The quantitative estimate of drug-likeness (QED) is 0.208. The van der Waals surface area contributed by atoms with Gasteiger partial charge in [-0.15, -0.1) is 0 Å². The van der Waals surface area contributed by atoms with E-state index < -0.39 is 6.89 Å². The lowest BCUT2D eigenvalue weighted by molar-refractivity contribution is 1.47. The molecule has 0 saturated heterocycles. The minimum Gasteiger partial charge on any atom is -0.0622 e. The number of hydrogen-bond donors (Lipinski definition) is 0. The summed E-state index contributed by atoms with van der Waals surface area (Å²) >= 11 is 0. The van der Waals surface area contributed by atoms with E-state index in [2.05, 4.69) is 146 Å². The molecule has 0 aromatic heterocycles. The summed E-state index contributed by atoms with van der Waals surface area (Å²) in [5.41, 5.74) is 3.43. The Bertz CT molecular complexity index is 1400. The molecule has 0 amide bonds. The molecule has 0 spiro atoms. The van der Waals surface area contributed by atoms with E-state index in [9.17, 15) is 0 Å². The van der Waals surface area contributed by atoms with E-state index in [0.29, 0.717) is 0 Å². The van der Waals surface area contributed by atoms with Gasteiger partial charge in [0.05, 0.1) is 0 Å². The van der Waals surface area contributed by atoms with Crippen molar-refractivity contribution in [3.63, 3.8) is 0 Å². The standard InChI is InChI=1S/C34H27P/c1-28-22-25-30(26-23-28)34(27-24-29-14-6-2-7-15-29)35(31-16-8-3-9-17-31,32-18-10-4-11-19-32)33-20-12-5-13-21-33/h2-23,25-26H,1H3. The molecule has 0 saturated carbocycles. The van der Waals surface area contributed by atoms with Gasteiger partial charge in [0.1, 0.15) is 0 Å². The molecule has 0 radical (unpaired) electrons. The molecule has 1 heteroatoms. The average Bonchev–Trinajstić information content (AvgIpc) is 2.94. The lowest BCUT2D eigenvalue weighted by atomic mass is 10.1. The maximum absolute atomic E-state index is 3.72. The monoisotopic (exact) mass is 466 g/mol. The summed E-state index contributed by atoms with van der Waals surface area (Å²) in [6.45, 7) is -0.162. The van der Waals surface area contributed by atoms with Gasteiger partial charge in [-0.2, -0.15) is 0 Å². The van der Waals surface area contributed by atoms with Crippen molar-refractivity contribution in [2.45, 2.75) is 6.92 Å². The van der Waals surface area contributed by atoms with Crippen molar-refractivity contribution < 1.29 is 0 Å². The summed E-state index contributed by atoms with van der Waals surface area (Å²) in [4.78, 5) is 0. The third-order valence-electron chi connectivity index (χ3n) is 6.19. The number of aryl methyl sites for hydroxylation is 1. The van der Waals surface area contributed by atoms with Gasteiger partial charge in [0, 0.05) is 10.9 Å². The summed E-state index contributed by atoms with van der Waals surface area (Å²) in [7, 11) is 0. The summed E-state index contributed by atoms with van der Waals surface area (Å²) in [6.07, 6.45) is 0.